The van der Waals surface area contributed by atoms with Gasteiger partial charge in [-0.1, -0.05) is 26.0 Å². The molecular formula is C17H21N3O3. The molecule has 1 aromatic heterocycles. The minimum absolute atomic E-state index is 0.0771. The average molecular weight is 315 g/mol. The predicted octanol–water partition coefficient (Wildman–Crippen LogP) is 1.24. The maximum Gasteiger partial charge on any atom is 0.329 e. The van der Waals surface area contributed by atoms with Gasteiger partial charge in [-0.05, 0) is 36.3 Å². The Morgan fingerprint density at radius 3 is 2.70 bits per heavy atom. The van der Waals surface area contributed by atoms with E-state index in [1.807, 2.05) is 0 Å². The molecule has 0 atom stereocenters. The highest BCUT2D eigenvalue weighted by Gasteiger charge is 2.37. The number of carbonyl (C=O) groups is 1. The largest absolute Gasteiger partial charge is 0.354 e. The number of para-hydroxylation sites is 1. The fraction of sp³-hybridized carbons (Fsp3) is 0.471. The molecule has 0 unspecified atom stereocenters. The van der Waals surface area contributed by atoms with Gasteiger partial charge in [0.2, 0.25) is 5.91 Å². The van der Waals surface area contributed by atoms with E-state index in [0.29, 0.717) is 23.4 Å². The second-order valence-electron chi connectivity index (χ2n) is 6.90. The zero-order chi connectivity index (χ0) is 16.6. The van der Waals surface area contributed by atoms with Crippen LogP contribution in [0.15, 0.2) is 33.9 Å². The first-order valence-corrected chi connectivity index (χ1v) is 7.87. The van der Waals surface area contributed by atoms with Crippen LogP contribution in [0.5, 0.6) is 0 Å². The second-order valence-corrected chi connectivity index (χ2v) is 6.90. The van der Waals surface area contributed by atoms with E-state index in [-0.39, 0.29) is 17.9 Å². The first-order chi connectivity index (χ1) is 10.9. The lowest BCUT2D eigenvalue weighted by molar-refractivity contribution is -0.122. The molecule has 3 rings (SSSR count). The Bertz CT molecular complexity index is 859. The standard InChI is InChI=1S/C17H21N3O3/c1-17(2,11-7-8-11)10-18-14(21)9-20-13-6-4-3-5-12(13)15(22)19-16(20)23/h3-6,11H,7-10H2,1-2H3,(H,18,21)(H,19,22,23). The van der Waals surface area contributed by atoms with Crippen LogP contribution in [0.2, 0.25) is 0 Å². The maximum atomic E-state index is 12.2. The summed E-state index contributed by atoms with van der Waals surface area (Å²) in [5.41, 5.74) is -0.450. The molecule has 1 saturated carbocycles. The van der Waals surface area contributed by atoms with Crippen molar-refractivity contribution in [1.82, 2.24) is 14.9 Å². The molecule has 6 nitrogen and oxygen atoms in total. The first-order valence-electron chi connectivity index (χ1n) is 7.87. The number of hydrogen-bond acceptors (Lipinski definition) is 3. The Kier molecular flexibility index (Phi) is 3.83. The molecule has 1 amide bonds. The number of hydrogen-bond donors (Lipinski definition) is 2. The topological polar surface area (TPSA) is 84.0 Å². The number of aromatic amines is 1. The highest BCUT2D eigenvalue weighted by atomic mass is 16.2. The van der Waals surface area contributed by atoms with E-state index in [9.17, 15) is 14.4 Å². The van der Waals surface area contributed by atoms with Crippen molar-refractivity contribution >= 4 is 16.8 Å². The van der Waals surface area contributed by atoms with Crippen molar-refractivity contribution in [2.24, 2.45) is 11.3 Å². The van der Waals surface area contributed by atoms with Crippen LogP contribution in [0.1, 0.15) is 26.7 Å². The lowest BCUT2D eigenvalue weighted by Gasteiger charge is -2.24. The molecule has 0 saturated heterocycles. The lowest BCUT2D eigenvalue weighted by atomic mass is 9.87. The number of aromatic nitrogens is 2. The van der Waals surface area contributed by atoms with Crippen LogP contribution in [0.4, 0.5) is 0 Å². The number of carbonyl (C=O) groups excluding carboxylic acids is 1. The van der Waals surface area contributed by atoms with E-state index in [0.717, 1.165) is 0 Å². The molecule has 0 aliphatic heterocycles. The number of fused-ring (bicyclic) bond motifs is 1. The van der Waals surface area contributed by atoms with Gasteiger partial charge in [0, 0.05) is 6.54 Å². The van der Waals surface area contributed by atoms with Gasteiger partial charge in [-0.2, -0.15) is 0 Å². The second kappa shape index (κ2) is 5.68. The molecule has 1 aliphatic rings. The lowest BCUT2D eigenvalue weighted by Crippen LogP contribution is -2.40. The van der Waals surface area contributed by atoms with Crippen molar-refractivity contribution in [2.75, 3.05) is 6.54 Å². The number of nitrogens with zero attached hydrogens (tertiary/aromatic N) is 1. The summed E-state index contributed by atoms with van der Waals surface area (Å²) in [5, 5.41) is 3.31. The molecule has 1 aromatic carbocycles. The Hall–Kier alpha value is -2.37. The summed E-state index contributed by atoms with van der Waals surface area (Å²) in [6, 6.07) is 6.78. The van der Waals surface area contributed by atoms with Gasteiger partial charge in [-0.3, -0.25) is 19.1 Å². The molecule has 6 heteroatoms. The van der Waals surface area contributed by atoms with Crippen LogP contribution >= 0.6 is 0 Å². The highest BCUT2D eigenvalue weighted by Crippen LogP contribution is 2.44. The molecule has 1 aliphatic carbocycles. The predicted molar refractivity (Wildman–Crippen MR) is 88.3 cm³/mol. The average Bonchev–Trinajstić information content (AvgIpc) is 3.35. The molecule has 0 radical (unpaired) electrons. The number of amides is 1. The number of nitrogens with one attached hydrogen (secondary N) is 2. The third-order valence-electron chi connectivity index (χ3n) is 4.63. The van der Waals surface area contributed by atoms with Gasteiger partial charge in [-0.25, -0.2) is 4.79 Å². The third kappa shape index (κ3) is 3.21. The molecule has 2 aromatic rings. The summed E-state index contributed by atoms with van der Waals surface area (Å²) in [6.45, 7) is 4.78. The van der Waals surface area contributed by atoms with Gasteiger partial charge in [0.1, 0.15) is 6.54 Å². The zero-order valence-corrected chi connectivity index (χ0v) is 13.4. The Morgan fingerprint density at radius 2 is 2.00 bits per heavy atom. The highest BCUT2D eigenvalue weighted by molar-refractivity contribution is 5.81. The molecular weight excluding hydrogens is 294 g/mol. The van der Waals surface area contributed by atoms with Gasteiger partial charge >= 0.3 is 5.69 Å². The molecule has 1 fully saturated rings. The fourth-order valence-electron chi connectivity index (χ4n) is 2.93. The van der Waals surface area contributed by atoms with Crippen molar-refractivity contribution in [2.45, 2.75) is 33.2 Å². The van der Waals surface area contributed by atoms with E-state index in [2.05, 4.69) is 24.1 Å². The Morgan fingerprint density at radius 1 is 1.30 bits per heavy atom. The molecule has 122 valence electrons. The van der Waals surface area contributed by atoms with Gasteiger partial charge < -0.3 is 5.32 Å². The van der Waals surface area contributed by atoms with Gasteiger partial charge in [-0.15, -0.1) is 0 Å². The molecule has 0 bridgehead atoms. The third-order valence-corrected chi connectivity index (χ3v) is 4.63. The fourth-order valence-corrected chi connectivity index (χ4v) is 2.93. The normalized spacial score (nSPS) is 14.9. The van der Waals surface area contributed by atoms with E-state index < -0.39 is 11.2 Å². The van der Waals surface area contributed by atoms with Crippen molar-refractivity contribution in [3.63, 3.8) is 0 Å². The van der Waals surface area contributed by atoms with Crippen LogP contribution in [0.3, 0.4) is 0 Å². The summed E-state index contributed by atoms with van der Waals surface area (Å²) in [7, 11) is 0. The minimum atomic E-state index is -0.565. The number of rotatable bonds is 5. The summed E-state index contributed by atoms with van der Waals surface area (Å²) >= 11 is 0. The summed E-state index contributed by atoms with van der Waals surface area (Å²) in [6.07, 6.45) is 2.43. The van der Waals surface area contributed by atoms with Gasteiger partial charge in [0.25, 0.3) is 5.56 Å². The maximum absolute atomic E-state index is 12.2. The Labute approximate surface area is 133 Å². The van der Waals surface area contributed by atoms with Crippen LogP contribution in [-0.4, -0.2) is 22.0 Å². The monoisotopic (exact) mass is 315 g/mol. The molecule has 2 N–H and O–H groups in total. The minimum Gasteiger partial charge on any atom is -0.354 e. The first kappa shape index (κ1) is 15.5. The van der Waals surface area contributed by atoms with Crippen molar-refractivity contribution in [1.29, 1.82) is 0 Å². The van der Waals surface area contributed by atoms with Crippen molar-refractivity contribution < 1.29 is 4.79 Å². The van der Waals surface area contributed by atoms with Crippen molar-refractivity contribution in [3.8, 4) is 0 Å². The van der Waals surface area contributed by atoms with E-state index in [4.69, 9.17) is 0 Å². The van der Waals surface area contributed by atoms with Crippen molar-refractivity contribution in [3.05, 3.63) is 45.1 Å². The van der Waals surface area contributed by atoms with Crippen LogP contribution in [0, 0.1) is 11.3 Å². The Balaban J connectivity index is 1.80. The molecule has 0 spiro atoms. The quantitative estimate of drug-likeness (QED) is 0.871. The summed E-state index contributed by atoms with van der Waals surface area (Å²) in [4.78, 5) is 38.3. The summed E-state index contributed by atoms with van der Waals surface area (Å²) < 4.78 is 1.30. The van der Waals surface area contributed by atoms with E-state index >= 15 is 0 Å². The van der Waals surface area contributed by atoms with Gasteiger partial charge in [0.05, 0.1) is 10.9 Å². The number of benzene rings is 1. The van der Waals surface area contributed by atoms with E-state index in [1.165, 1.54) is 17.4 Å². The van der Waals surface area contributed by atoms with Crippen LogP contribution in [0.25, 0.3) is 10.9 Å². The van der Waals surface area contributed by atoms with Crippen LogP contribution in [-0.2, 0) is 11.3 Å². The zero-order valence-electron chi connectivity index (χ0n) is 13.4. The van der Waals surface area contributed by atoms with Crippen LogP contribution < -0.4 is 16.6 Å². The number of H-pyrrole nitrogens is 1. The smallest absolute Gasteiger partial charge is 0.329 e. The molecule has 23 heavy (non-hydrogen) atoms. The summed E-state index contributed by atoms with van der Waals surface area (Å²) in [5.74, 6) is 0.442. The molecule has 1 heterocycles. The van der Waals surface area contributed by atoms with Gasteiger partial charge in [0.15, 0.2) is 0 Å². The SMILES string of the molecule is CC(C)(CNC(=O)Cn1c(=O)[nH]c(=O)c2ccccc21)C1CC1. The van der Waals surface area contributed by atoms with E-state index in [1.54, 1.807) is 24.3 Å².